The molecule has 0 fully saturated rings. The first kappa shape index (κ1) is 13.2. The zero-order valence-corrected chi connectivity index (χ0v) is 10.5. The van der Waals surface area contributed by atoms with Gasteiger partial charge in [-0.2, -0.15) is 0 Å². The van der Waals surface area contributed by atoms with Crippen LogP contribution < -0.4 is 5.73 Å². The Morgan fingerprint density at radius 2 is 1.75 bits per heavy atom. The molecule has 0 spiro atoms. The molecule has 0 unspecified atom stereocenters. The van der Waals surface area contributed by atoms with E-state index in [4.69, 9.17) is 5.73 Å². The van der Waals surface area contributed by atoms with Gasteiger partial charge in [-0.05, 0) is 35.9 Å². The van der Waals surface area contributed by atoms with Crippen molar-refractivity contribution in [2.24, 2.45) is 5.73 Å². The molecule has 3 N–H and O–H groups in total. The van der Waals surface area contributed by atoms with Crippen molar-refractivity contribution in [2.75, 3.05) is 6.54 Å². The molecule has 0 saturated heterocycles. The molecular formula is C14H23NO. The van der Waals surface area contributed by atoms with Gasteiger partial charge in [0.15, 0.2) is 0 Å². The predicted molar refractivity (Wildman–Crippen MR) is 68.4 cm³/mol. The summed E-state index contributed by atoms with van der Waals surface area (Å²) in [6.45, 7) is 7.20. The average Bonchev–Trinajstić information content (AvgIpc) is 2.25. The third-order valence-corrected chi connectivity index (χ3v) is 2.84. The summed E-state index contributed by atoms with van der Waals surface area (Å²) in [6, 6.07) is 8.23. The molecule has 16 heavy (non-hydrogen) atoms. The summed E-state index contributed by atoms with van der Waals surface area (Å²) in [5, 5.41) is 9.89. The van der Waals surface area contributed by atoms with Gasteiger partial charge < -0.3 is 10.8 Å². The van der Waals surface area contributed by atoms with Gasteiger partial charge in [0.05, 0.1) is 6.10 Å². The highest BCUT2D eigenvalue weighted by atomic mass is 16.3. The van der Waals surface area contributed by atoms with E-state index in [1.165, 1.54) is 5.56 Å². The van der Waals surface area contributed by atoms with Crippen molar-refractivity contribution >= 4 is 0 Å². The van der Waals surface area contributed by atoms with Crippen LogP contribution in [0.5, 0.6) is 0 Å². The second-order valence-electron chi connectivity index (χ2n) is 5.32. The van der Waals surface area contributed by atoms with Crippen LogP contribution in [0.25, 0.3) is 0 Å². The first-order chi connectivity index (χ1) is 7.45. The van der Waals surface area contributed by atoms with E-state index in [-0.39, 0.29) is 11.5 Å². The summed E-state index contributed by atoms with van der Waals surface area (Å²) in [6.07, 6.45) is 1.23. The maximum atomic E-state index is 9.89. The monoisotopic (exact) mass is 221 g/mol. The van der Waals surface area contributed by atoms with E-state index in [1.54, 1.807) is 0 Å². The molecule has 0 bridgehead atoms. The first-order valence-corrected chi connectivity index (χ1v) is 5.93. The normalized spacial score (nSPS) is 13.8. The smallest absolute Gasteiger partial charge is 0.0790 e. The maximum absolute atomic E-state index is 9.89. The Kier molecular flexibility index (Phi) is 4.51. The number of aliphatic hydroxyl groups is 1. The lowest BCUT2D eigenvalue weighted by Crippen LogP contribution is -2.11. The number of aliphatic hydroxyl groups excluding tert-OH is 1. The van der Waals surface area contributed by atoms with Crippen molar-refractivity contribution in [1.82, 2.24) is 0 Å². The van der Waals surface area contributed by atoms with Crippen LogP contribution in [0.3, 0.4) is 0 Å². The van der Waals surface area contributed by atoms with Gasteiger partial charge in [0, 0.05) is 0 Å². The van der Waals surface area contributed by atoms with E-state index >= 15 is 0 Å². The van der Waals surface area contributed by atoms with Crippen molar-refractivity contribution < 1.29 is 5.11 Å². The summed E-state index contributed by atoms with van der Waals surface area (Å²) in [5.41, 5.74) is 7.87. The highest BCUT2D eigenvalue weighted by Crippen LogP contribution is 2.25. The molecule has 0 aliphatic rings. The molecular weight excluding hydrogens is 198 g/mol. The zero-order valence-electron chi connectivity index (χ0n) is 10.5. The van der Waals surface area contributed by atoms with Crippen LogP contribution in [0, 0.1) is 0 Å². The zero-order chi connectivity index (χ0) is 12.2. The lowest BCUT2D eigenvalue weighted by atomic mass is 9.86. The van der Waals surface area contributed by atoms with Crippen LogP contribution in [0.15, 0.2) is 24.3 Å². The van der Waals surface area contributed by atoms with Gasteiger partial charge in [0.25, 0.3) is 0 Å². The van der Waals surface area contributed by atoms with Crippen molar-refractivity contribution in [2.45, 2.75) is 45.1 Å². The molecule has 0 radical (unpaired) electrons. The second-order valence-corrected chi connectivity index (χ2v) is 5.32. The quantitative estimate of drug-likeness (QED) is 0.821. The molecule has 1 rings (SSSR count). The van der Waals surface area contributed by atoms with Gasteiger partial charge >= 0.3 is 0 Å². The highest BCUT2D eigenvalue weighted by molar-refractivity contribution is 5.28. The Labute approximate surface area is 98.5 Å². The molecule has 90 valence electrons. The van der Waals surface area contributed by atoms with E-state index in [9.17, 15) is 5.11 Å². The van der Waals surface area contributed by atoms with Gasteiger partial charge in [0.1, 0.15) is 0 Å². The summed E-state index contributed by atoms with van der Waals surface area (Å²) in [4.78, 5) is 0. The van der Waals surface area contributed by atoms with Gasteiger partial charge in [-0.3, -0.25) is 0 Å². The van der Waals surface area contributed by atoms with Gasteiger partial charge in [-0.1, -0.05) is 45.0 Å². The Bertz CT molecular complexity index is 311. The lowest BCUT2D eigenvalue weighted by Gasteiger charge is -2.20. The van der Waals surface area contributed by atoms with E-state index in [2.05, 4.69) is 32.9 Å². The number of hydrogen-bond donors (Lipinski definition) is 2. The molecule has 0 aliphatic heterocycles. The fourth-order valence-electron chi connectivity index (χ4n) is 1.68. The van der Waals surface area contributed by atoms with Crippen LogP contribution in [-0.4, -0.2) is 11.7 Å². The Morgan fingerprint density at radius 1 is 1.19 bits per heavy atom. The standard InChI is InChI=1S/C14H23NO/c1-14(2,3)12-8-6-11(7-9-12)13(16)5-4-10-15/h6-9,13,16H,4-5,10,15H2,1-3H3/t13-/m1/s1. The number of hydrogen-bond acceptors (Lipinski definition) is 2. The Hall–Kier alpha value is -0.860. The first-order valence-electron chi connectivity index (χ1n) is 5.93. The largest absolute Gasteiger partial charge is 0.388 e. The SMILES string of the molecule is CC(C)(C)c1ccc([C@H](O)CCCN)cc1. The third kappa shape index (κ3) is 3.62. The van der Waals surface area contributed by atoms with E-state index in [1.807, 2.05) is 12.1 Å². The Balaban J connectivity index is 2.71. The molecule has 2 nitrogen and oxygen atoms in total. The lowest BCUT2D eigenvalue weighted by molar-refractivity contribution is 0.165. The Morgan fingerprint density at radius 3 is 2.19 bits per heavy atom. The van der Waals surface area contributed by atoms with E-state index < -0.39 is 0 Å². The second kappa shape index (κ2) is 5.46. The number of benzene rings is 1. The molecule has 0 amide bonds. The van der Waals surface area contributed by atoms with Gasteiger partial charge in [-0.25, -0.2) is 0 Å². The molecule has 0 aliphatic carbocycles. The maximum Gasteiger partial charge on any atom is 0.0790 e. The molecule has 2 heteroatoms. The van der Waals surface area contributed by atoms with Crippen molar-refractivity contribution in [1.29, 1.82) is 0 Å². The number of nitrogens with two attached hydrogens (primary N) is 1. The molecule has 0 heterocycles. The van der Waals surface area contributed by atoms with Gasteiger partial charge in [0.2, 0.25) is 0 Å². The minimum absolute atomic E-state index is 0.167. The number of rotatable bonds is 4. The molecule has 1 atom stereocenters. The van der Waals surface area contributed by atoms with E-state index in [0.29, 0.717) is 6.54 Å². The fraction of sp³-hybridized carbons (Fsp3) is 0.571. The van der Waals surface area contributed by atoms with Crippen molar-refractivity contribution in [3.63, 3.8) is 0 Å². The van der Waals surface area contributed by atoms with E-state index in [0.717, 1.165) is 18.4 Å². The van der Waals surface area contributed by atoms with Gasteiger partial charge in [-0.15, -0.1) is 0 Å². The summed E-state index contributed by atoms with van der Waals surface area (Å²) >= 11 is 0. The minimum atomic E-state index is -0.377. The summed E-state index contributed by atoms with van der Waals surface area (Å²) in [5.74, 6) is 0. The molecule has 1 aromatic rings. The van der Waals surface area contributed by atoms with Crippen LogP contribution in [0.1, 0.15) is 50.8 Å². The van der Waals surface area contributed by atoms with Crippen molar-refractivity contribution in [3.8, 4) is 0 Å². The summed E-state index contributed by atoms with van der Waals surface area (Å²) < 4.78 is 0. The minimum Gasteiger partial charge on any atom is -0.388 e. The van der Waals surface area contributed by atoms with Crippen LogP contribution in [0.4, 0.5) is 0 Å². The van der Waals surface area contributed by atoms with Crippen LogP contribution in [-0.2, 0) is 5.41 Å². The molecule has 0 saturated carbocycles. The van der Waals surface area contributed by atoms with Crippen LogP contribution >= 0.6 is 0 Å². The highest BCUT2D eigenvalue weighted by Gasteiger charge is 2.14. The predicted octanol–water partition coefficient (Wildman–Crippen LogP) is 2.76. The molecule has 1 aromatic carbocycles. The average molecular weight is 221 g/mol. The van der Waals surface area contributed by atoms with Crippen LogP contribution in [0.2, 0.25) is 0 Å². The third-order valence-electron chi connectivity index (χ3n) is 2.84. The topological polar surface area (TPSA) is 46.2 Å². The summed E-state index contributed by atoms with van der Waals surface area (Å²) in [7, 11) is 0. The van der Waals surface area contributed by atoms with Crippen molar-refractivity contribution in [3.05, 3.63) is 35.4 Å². The fourth-order valence-corrected chi connectivity index (χ4v) is 1.68. The molecule has 0 aromatic heterocycles.